The van der Waals surface area contributed by atoms with Crippen molar-refractivity contribution in [2.24, 2.45) is 0 Å². The summed E-state index contributed by atoms with van der Waals surface area (Å²) in [7, 11) is 0. The van der Waals surface area contributed by atoms with E-state index in [4.69, 9.17) is 4.52 Å². The maximum atomic E-state index is 12.2. The summed E-state index contributed by atoms with van der Waals surface area (Å²) in [5.41, 5.74) is 2.14. The van der Waals surface area contributed by atoms with Crippen LogP contribution in [0.3, 0.4) is 0 Å². The monoisotopic (exact) mass is 262 g/mol. The van der Waals surface area contributed by atoms with Crippen molar-refractivity contribution in [3.05, 3.63) is 28.8 Å². The number of aromatic amines is 1. The Bertz CT molecular complexity index is 583. The molecule has 2 heterocycles. The first-order valence-electron chi connectivity index (χ1n) is 6.34. The van der Waals surface area contributed by atoms with Crippen molar-refractivity contribution in [2.45, 2.75) is 40.0 Å². The number of nitrogens with zero attached hydrogens (tertiary/aromatic N) is 2. The largest absolute Gasteiger partial charge is 0.361 e. The highest BCUT2D eigenvalue weighted by atomic mass is 16.5. The summed E-state index contributed by atoms with van der Waals surface area (Å²) >= 11 is 0. The molecule has 102 valence electrons. The van der Waals surface area contributed by atoms with Gasteiger partial charge in [-0.2, -0.15) is 5.10 Å². The molecule has 0 radical (unpaired) electrons. The van der Waals surface area contributed by atoms with Gasteiger partial charge in [-0.05, 0) is 19.3 Å². The summed E-state index contributed by atoms with van der Waals surface area (Å²) in [6.45, 7) is 7.77. The van der Waals surface area contributed by atoms with E-state index in [9.17, 15) is 4.79 Å². The molecule has 2 N–H and O–H groups in total. The number of rotatable bonds is 4. The molecule has 2 aromatic rings. The third-order valence-corrected chi connectivity index (χ3v) is 2.96. The van der Waals surface area contributed by atoms with E-state index >= 15 is 0 Å². The lowest BCUT2D eigenvalue weighted by molar-refractivity contribution is 0.102. The zero-order valence-corrected chi connectivity index (χ0v) is 11.6. The van der Waals surface area contributed by atoms with Crippen LogP contribution in [0.1, 0.15) is 54.2 Å². The summed E-state index contributed by atoms with van der Waals surface area (Å²) in [6, 6.07) is 1.83. The van der Waals surface area contributed by atoms with Gasteiger partial charge in [0.15, 0.2) is 5.82 Å². The SMILES string of the molecule is CCc1noc(C)c1C(=O)Nc1cc(C(C)C)[nH]n1. The fraction of sp³-hybridized carbons (Fsp3) is 0.462. The van der Waals surface area contributed by atoms with Crippen LogP contribution in [0.4, 0.5) is 5.82 Å². The van der Waals surface area contributed by atoms with E-state index in [2.05, 4.69) is 34.5 Å². The minimum atomic E-state index is -0.239. The van der Waals surface area contributed by atoms with E-state index in [0.29, 0.717) is 35.2 Å². The van der Waals surface area contributed by atoms with E-state index in [0.717, 1.165) is 5.69 Å². The van der Waals surface area contributed by atoms with Gasteiger partial charge in [-0.25, -0.2) is 0 Å². The minimum absolute atomic E-state index is 0.239. The predicted octanol–water partition coefficient (Wildman–Crippen LogP) is 2.64. The molecule has 0 aliphatic rings. The highest BCUT2D eigenvalue weighted by Gasteiger charge is 2.20. The topological polar surface area (TPSA) is 83.8 Å². The number of aromatic nitrogens is 3. The fourth-order valence-electron chi connectivity index (χ4n) is 1.83. The third-order valence-electron chi connectivity index (χ3n) is 2.96. The van der Waals surface area contributed by atoms with E-state index in [1.165, 1.54) is 0 Å². The van der Waals surface area contributed by atoms with Gasteiger partial charge in [0.2, 0.25) is 0 Å². The second-order valence-corrected chi connectivity index (χ2v) is 4.73. The quantitative estimate of drug-likeness (QED) is 0.887. The van der Waals surface area contributed by atoms with Crippen molar-refractivity contribution >= 4 is 11.7 Å². The number of carbonyl (C=O) groups is 1. The van der Waals surface area contributed by atoms with Crippen molar-refractivity contribution < 1.29 is 9.32 Å². The lowest BCUT2D eigenvalue weighted by atomic mass is 10.1. The maximum Gasteiger partial charge on any atom is 0.262 e. The van der Waals surface area contributed by atoms with Crippen molar-refractivity contribution in [3.63, 3.8) is 0 Å². The molecule has 0 fully saturated rings. The molecule has 0 atom stereocenters. The van der Waals surface area contributed by atoms with Gasteiger partial charge in [0, 0.05) is 11.8 Å². The fourth-order valence-corrected chi connectivity index (χ4v) is 1.83. The zero-order valence-electron chi connectivity index (χ0n) is 11.6. The van der Waals surface area contributed by atoms with Gasteiger partial charge in [0.25, 0.3) is 5.91 Å². The van der Waals surface area contributed by atoms with E-state index in [-0.39, 0.29) is 5.91 Å². The second-order valence-electron chi connectivity index (χ2n) is 4.73. The van der Waals surface area contributed by atoms with E-state index < -0.39 is 0 Å². The molecule has 6 nitrogen and oxygen atoms in total. The van der Waals surface area contributed by atoms with Crippen molar-refractivity contribution in [1.82, 2.24) is 15.4 Å². The zero-order chi connectivity index (χ0) is 14.0. The summed E-state index contributed by atoms with van der Waals surface area (Å²) < 4.78 is 5.05. The van der Waals surface area contributed by atoms with Crippen LogP contribution in [0, 0.1) is 6.92 Å². The van der Waals surface area contributed by atoms with Gasteiger partial charge < -0.3 is 9.84 Å². The van der Waals surface area contributed by atoms with Crippen LogP contribution in [-0.4, -0.2) is 21.3 Å². The van der Waals surface area contributed by atoms with Gasteiger partial charge >= 0.3 is 0 Å². The Kier molecular flexibility index (Phi) is 3.69. The first-order chi connectivity index (χ1) is 9.02. The third kappa shape index (κ3) is 2.67. The molecular weight excluding hydrogens is 244 g/mol. The number of carbonyl (C=O) groups excluding carboxylic acids is 1. The van der Waals surface area contributed by atoms with E-state index in [1.54, 1.807) is 6.92 Å². The summed E-state index contributed by atoms with van der Waals surface area (Å²) in [6.07, 6.45) is 0.651. The molecule has 0 saturated carbocycles. The number of amides is 1. The van der Waals surface area contributed by atoms with Crippen LogP contribution in [-0.2, 0) is 6.42 Å². The smallest absolute Gasteiger partial charge is 0.262 e. The second kappa shape index (κ2) is 5.26. The number of H-pyrrole nitrogens is 1. The first-order valence-corrected chi connectivity index (χ1v) is 6.34. The van der Waals surface area contributed by atoms with Crippen molar-refractivity contribution in [2.75, 3.05) is 5.32 Å². The molecule has 6 heteroatoms. The standard InChI is InChI=1S/C13H18N4O2/c1-5-9-12(8(4)19-17-9)13(18)14-11-6-10(7(2)3)15-16-11/h6-7H,5H2,1-4H3,(H2,14,15,16,18). The van der Waals surface area contributed by atoms with Crippen LogP contribution >= 0.6 is 0 Å². The molecule has 0 unspecified atom stereocenters. The molecule has 2 aromatic heterocycles. The normalized spacial score (nSPS) is 11.0. The Balaban J connectivity index is 2.18. The molecule has 0 spiro atoms. The molecule has 19 heavy (non-hydrogen) atoms. The van der Waals surface area contributed by atoms with Crippen molar-refractivity contribution in [3.8, 4) is 0 Å². The molecule has 0 saturated heterocycles. The van der Waals surface area contributed by atoms with Crippen molar-refractivity contribution in [1.29, 1.82) is 0 Å². The van der Waals surface area contributed by atoms with Crippen LogP contribution in [0.25, 0.3) is 0 Å². The summed E-state index contributed by atoms with van der Waals surface area (Å²) in [5.74, 6) is 1.13. The Morgan fingerprint density at radius 2 is 2.26 bits per heavy atom. The molecular formula is C13H18N4O2. The van der Waals surface area contributed by atoms with E-state index in [1.807, 2.05) is 13.0 Å². The average Bonchev–Trinajstić information content (AvgIpc) is 2.95. The highest BCUT2D eigenvalue weighted by molar-refractivity contribution is 6.05. The average molecular weight is 262 g/mol. The Hall–Kier alpha value is -2.11. The molecule has 0 aromatic carbocycles. The Labute approximate surface area is 111 Å². The van der Waals surface area contributed by atoms with Gasteiger partial charge in [0.1, 0.15) is 11.3 Å². The van der Waals surface area contributed by atoms with Crippen LogP contribution < -0.4 is 5.32 Å². The molecule has 0 aliphatic heterocycles. The number of anilines is 1. The van der Waals surface area contributed by atoms with Gasteiger partial charge in [-0.15, -0.1) is 0 Å². The van der Waals surface area contributed by atoms with Crippen LogP contribution in [0.2, 0.25) is 0 Å². The Morgan fingerprint density at radius 1 is 1.53 bits per heavy atom. The summed E-state index contributed by atoms with van der Waals surface area (Å²) in [4.78, 5) is 12.2. The number of aryl methyl sites for hydroxylation is 2. The lowest BCUT2D eigenvalue weighted by Crippen LogP contribution is -2.14. The number of nitrogens with one attached hydrogen (secondary N) is 2. The number of hydrogen-bond acceptors (Lipinski definition) is 4. The lowest BCUT2D eigenvalue weighted by Gasteiger charge is -2.01. The van der Waals surface area contributed by atoms with Crippen LogP contribution in [0.5, 0.6) is 0 Å². The van der Waals surface area contributed by atoms with Gasteiger partial charge in [-0.1, -0.05) is 25.9 Å². The predicted molar refractivity (Wildman–Crippen MR) is 71.2 cm³/mol. The van der Waals surface area contributed by atoms with Crippen LogP contribution in [0.15, 0.2) is 10.6 Å². The molecule has 0 bridgehead atoms. The molecule has 1 amide bonds. The van der Waals surface area contributed by atoms with Gasteiger partial charge in [0.05, 0.1) is 5.69 Å². The molecule has 2 rings (SSSR count). The van der Waals surface area contributed by atoms with Gasteiger partial charge in [-0.3, -0.25) is 9.89 Å². The Morgan fingerprint density at radius 3 is 2.84 bits per heavy atom. The summed E-state index contributed by atoms with van der Waals surface area (Å²) in [5, 5.41) is 13.6. The number of hydrogen-bond donors (Lipinski definition) is 2. The minimum Gasteiger partial charge on any atom is -0.361 e. The maximum absolute atomic E-state index is 12.2. The molecule has 0 aliphatic carbocycles. The highest BCUT2D eigenvalue weighted by Crippen LogP contribution is 2.18. The first kappa shape index (κ1) is 13.3.